The van der Waals surface area contributed by atoms with Crippen molar-refractivity contribution in [1.82, 2.24) is 9.97 Å². The van der Waals surface area contributed by atoms with Gasteiger partial charge in [0, 0.05) is 27.7 Å². The highest BCUT2D eigenvalue weighted by Gasteiger charge is 2.13. The summed E-state index contributed by atoms with van der Waals surface area (Å²) in [7, 11) is 0. The van der Waals surface area contributed by atoms with Crippen LogP contribution in [0.5, 0.6) is 0 Å². The topological polar surface area (TPSA) is 74.8 Å². The number of nitrogens with one attached hydrogen (secondary N) is 2. The lowest BCUT2D eigenvalue weighted by molar-refractivity contribution is 0.102. The normalized spacial score (nSPS) is 10.5. The van der Waals surface area contributed by atoms with Crippen molar-refractivity contribution in [3.05, 3.63) is 68.4 Å². The van der Waals surface area contributed by atoms with Crippen LogP contribution in [0.3, 0.4) is 0 Å². The number of aryl methyl sites for hydroxylation is 1. The lowest BCUT2D eigenvalue weighted by Gasteiger charge is -2.01. The average molecular weight is 346 g/mol. The third-order valence-electron chi connectivity index (χ3n) is 3.18. The van der Waals surface area contributed by atoms with Gasteiger partial charge < -0.3 is 4.98 Å². The number of halogens is 1. The van der Waals surface area contributed by atoms with E-state index >= 15 is 0 Å². The van der Waals surface area contributed by atoms with Crippen LogP contribution in [0.15, 0.2) is 47.4 Å². The van der Waals surface area contributed by atoms with E-state index in [1.807, 2.05) is 19.1 Å². The van der Waals surface area contributed by atoms with E-state index < -0.39 is 0 Å². The lowest BCUT2D eigenvalue weighted by atomic mass is 10.1. The maximum atomic E-state index is 12.1. The van der Waals surface area contributed by atoms with Crippen molar-refractivity contribution >= 4 is 34.0 Å². The molecule has 2 aromatic heterocycles. The van der Waals surface area contributed by atoms with Gasteiger partial charge in [-0.3, -0.25) is 14.9 Å². The summed E-state index contributed by atoms with van der Waals surface area (Å²) >= 11 is 7.28. The van der Waals surface area contributed by atoms with Crippen LogP contribution in [0.4, 0.5) is 5.13 Å². The summed E-state index contributed by atoms with van der Waals surface area (Å²) in [5, 5.41) is 3.90. The van der Waals surface area contributed by atoms with Gasteiger partial charge >= 0.3 is 0 Å². The van der Waals surface area contributed by atoms with Crippen molar-refractivity contribution in [3.63, 3.8) is 0 Å². The Morgan fingerprint density at radius 2 is 1.96 bits per heavy atom. The predicted octanol–water partition coefficient (Wildman–Crippen LogP) is 3.71. The number of rotatable bonds is 3. The number of carbonyl (C=O) groups is 1. The molecule has 0 saturated heterocycles. The molecule has 3 aromatic rings. The van der Waals surface area contributed by atoms with Gasteiger partial charge in [0.05, 0.1) is 11.3 Å². The monoisotopic (exact) mass is 345 g/mol. The molecule has 0 saturated carbocycles. The van der Waals surface area contributed by atoms with Crippen molar-refractivity contribution in [3.8, 4) is 11.3 Å². The fourth-order valence-corrected chi connectivity index (χ4v) is 3.00. The summed E-state index contributed by atoms with van der Waals surface area (Å²) in [4.78, 5) is 31.1. The smallest absolute Gasteiger partial charge is 0.258 e. The highest BCUT2D eigenvalue weighted by Crippen LogP contribution is 2.31. The van der Waals surface area contributed by atoms with E-state index in [9.17, 15) is 9.59 Å². The fourth-order valence-electron chi connectivity index (χ4n) is 2.05. The molecule has 7 heteroatoms. The first-order valence-electron chi connectivity index (χ1n) is 6.76. The summed E-state index contributed by atoms with van der Waals surface area (Å²) in [6.45, 7) is 1.94. The van der Waals surface area contributed by atoms with E-state index in [1.165, 1.54) is 29.7 Å². The molecule has 0 atom stereocenters. The molecule has 5 nitrogen and oxygen atoms in total. The zero-order valence-electron chi connectivity index (χ0n) is 12.1. The first kappa shape index (κ1) is 15.5. The van der Waals surface area contributed by atoms with Gasteiger partial charge in [0.2, 0.25) is 5.56 Å². The average Bonchev–Trinajstić information content (AvgIpc) is 2.89. The van der Waals surface area contributed by atoms with E-state index in [0.29, 0.717) is 15.7 Å². The molecule has 2 N–H and O–H groups in total. The Bertz CT molecular complexity index is 895. The quantitative estimate of drug-likeness (QED) is 0.759. The van der Waals surface area contributed by atoms with Crippen molar-refractivity contribution in [1.29, 1.82) is 0 Å². The Morgan fingerprint density at radius 3 is 2.61 bits per heavy atom. The molecule has 23 heavy (non-hydrogen) atoms. The molecule has 116 valence electrons. The Kier molecular flexibility index (Phi) is 4.27. The highest BCUT2D eigenvalue weighted by atomic mass is 35.5. The molecule has 1 aromatic carbocycles. The van der Waals surface area contributed by atoms with Gasteiger partial charge in [-0.15, -0.1) is 11.3 Å². The van der Waals surface area contributed by atoms with Gasteiger partial charge in [0.1, 0.15) is 0 Å². The van der Waals surface area contributed by atoms with Crippen LogP contribution in [-0.2, 0) is 0 Å². The third-order valence-corrected chi connectivity index (χ3v) is 4.32. The summed E-state index contributed by atoms with van der Waals surface area (Å²) < 4.78 is 0. The molecule has 3 rings (SSSR count). The molecule has 0 aliphatic heterocycles. The minimum absolute atomic E-state index is 0.253. The van der Waals surface area contributed by atoms with Crippen molar-refractivity contribution < 1.29 is 4.79 Å². The maximum Gasteiger partial charge on any atom is 0.258 e. The number of hydrogen-bond donors (Lipinski definition) is 2. The number of benzene rings is 1. The van der Waals surface area contributed by atoms with Gasteiger partial charge in [-0.05, 0) is 25.1 Å². The number of aromatic amines is 1. The fraction of sp³-hybridized carbons (Fsp3) is 0.0625. The highest BCUT2D eigenvalue weighted by molar-refractivity contribution is 7.16. The molecule has 2 heterocycles. The number of hydrogen-bond acceptors (Lipinski definition) is 4. The van der Waals surface area contributed by atoms with Crippen LogP contribution >= 0.6 is 22.9 Å². The Balaban J connectivity index is 1.83. The molecule has 0 spiro atoms. The second-order valence-corrected chi connectivity index (χ2v) is 6.47. The molecular weight excluding hydrogens is 334 g/mol. The minimum atomic E-state index is -0.322. The van der Waals surface area contributed by atoms with Crippen LogP contribution in [-0.4, -0.2) is 15.9 Å². The van der Waals surface area contributed by atoms with Gasteiger partial charge in [-0.25, -0.2) is 4.98 Å². The second-order valence-electron chi connectivity index (χ2n) is 4.83. The van der Waals surface area contributed by atoms with Crippen molar-refractivity contribution in [2.45, 2.75) is 6.92 Å². The van der Waals surface area contributed by atoms with E-state index in [0.717, 1.165) is 16.1 Å². The Labute approximate surface area is 141 Å². The number of H-pyrrole nitrogens is 1. The standard InChI is InChI=1S/C16H12ClN3O2S/c1-9-14(10-2-5-12(17)6-3-10)19-16(23-9)20-15(22)11-4-7-13(21)18-8-11/h2-8H,1H3,(H,18,21)(H,19,20,22). The van der Waals surface area contributed by atoms with Crippen molar-refractivity contribution in [2.75, 3.05) is 5.32 Å². The number of amides is 1. The van der Waals surface area contributed by atoms with Gasteiger partial charge in [0.25, 0.3) is 5.91 Å². The van der Waals surface area contributed by atoms with Crippen molar-refractivity contribution in [2.24, 2.45) is 0 Å². The predicted molar refractivity (Wildman–Crippen MR) is 92.3 cm³/mol. The van der Waals surface area contributed by atoms with Crippen LogP contribution in [0.1, 0.15) is 15.2 Å². The number of thiazole rings is 1. The van der Waals surface area contributed by atoms with E-state index in [2.05, 4.69) is 15.3 Å². The maximum absolute atomic E-state index is 12.1. The first-order valence-corrected chi connectivity index (χ1v) is 7.96. The molecular formula is C16H12ClN3O2S. The Morgan fingerprint density at radius 1 is 1.22 bits per heavy atom. The number of carbonyl (C=O) groups excluding carboxylic acids is 1. The molecule has 0 aliphatic rings. The Hall–Kier alpha value is -2.44. The van der Waals surface area contributed by atoms with Crippen LogP contribution in [0, 0.1) is 6.92 Å². The molecule has 0 aliphatic carbocycles. The minimum Gasteiger partial charge on any atom is -0.328 e. The number of anilines is 1. The molecule has 0 unspecified atom stereocenters. The largest absolute Gasteiger partial charge is 0.328 e. The van der Waals surface area contributed by atoms with Crippen LogP contribution < -0.4 is 10.9 Å². The third kappa shape index (κ3) is 3.49. The summed E-state index contributed by atoms with van der Waals surface area (Å²) in [6.07, 6.45) is 1.37. The van der Waals surface area contributed by atoms with Gasteiger partial charge in [-0.1, -0.05) is 23.7 Å². The molecule has 0 radical (unpaired) electrons. The summed E-state index contributed by atoms with van der Waals surface area (Å²) in [5.41, 5.74) is 1.86. The SMILES string of the molecule is Cc1sc(NC(=O)c2ccc(=O)[nH]c2)nc1-c1ccc(Cl)cc1. The van der Waals surface area contributed by atoms with E-state index in [1.54, 1.807) is 12.1 Å². The lowest BCUT2D eigenvalue weighted by Crippen LogP contribution is -2.14. The van der Waals surface area contributed by atoms with Gasteiger partial charge in [-0.2, -0.15) is 0 Å². The zero-order valence-corrected chi connectivity index (χ0v) is 13.7. The first-order chi connectivity index (χ1) is 11.0. The van der Waals surface area contributed by atoms with E-state index in [-0.39, 0.29) is 11.5 Å². The molecule has 1 amide bonds. The zero-order chi connectivity index (χ0) is 16.4. The van der Waals surface area contributed by atoms with E-state index in [4.69, 9.17) is 11.6 Å². The number of aromatic nitrogens is 2. The van der Waals surface area contributed by atoms with Crippen LogP contribution in [0.2, 0.25) is 5.02 Å². The summed E-state index contributed by atoms with van der Waals surface area (Å²) in [5.74, 6) is -0.322. The van der Waals surface area contributed by atoms with Gasteiger partial charge in [0.15, 0.2) is 5.13 Å². The summed E-state index contributed by atoms with van der Waals surface area (Å²) in [6, 6.07) is 10.1. The molecule has 0 fully saturated rings. The molecule has 0 bridgehead atoms. The number of pyridine rings is 1. The second kappa shape index (κ2) is 6.36. The van der Waals surface area contributed by atoms with Crippen LogP contribution in [0.25, 0.3) is 11.3 Å². The number of nitrogens with zero attached hydrogens (tertiary/aromatic N) is 1.